The van der Waals surface area contributed by atoms with Gasteiger partial charge in [-0.1, -0.05) is 0 Å². The van der Waals surface area contributed by atoms with Crippen molar-refractivity contribution < 1.29 is 13.9 Å². The van der Waals surface area contributed by atoms with Gasteiger partial charge >= 0.3 is 0 Å². The average Bonchev–Trinajstić information content (AvgIpc) is 2.82. The normalized spacial score (nSPS) is 23.1. The summed E-state index contributed by atoms with van der Waals surface area (Å²) in [6.07, 6.45) is 3.17. The minimum Gasteiger partial charge on any atom is -0.487 e. The quantitative estimate of drug-likeness (QED) is 0.905. The molecule has 2 aliphatic heterocycles. The molecule has 0 amide bonds. The SMILES string of the molecule is Fc1ccc2c(c1)CC(COCC1CCNCC1)O2. The average molecular weight is 265 g/mol. The maximum absolute atomic E-state index is 13.1. The van der Waals surface area contributed by atoms with Gasteiger partial charge in [-0.05, 0) is 50.0 Å². The molecule has 0 saturated carbocycles. The summed E-state index contributed by atoms with van der Waals surface area (Å²) in [6.45, 7) is 3.60. The lowest BCUT2D eigenvalue weighted by molar-refractivity contribution is 0.0352. The Bertz CT molecular complexity index is 432. The third-order valence-corrected chi connectivity index (χ3v) is 3.88. The highest BCUT2D eigenvalue weighted by Crippen LogP contribution is 2.29. The Labute approximate surface area is 113 Å². The molecule has 2 aliphatic rings. The van der Waals surface area contributed by atoms with Gasteiger partial charge in [0.1, 0.15) is 17.7 Å². The van der Waals surface area contributed by atoms with Gasteiger partial charge in [-0.15, -0.1) is 0 Å². The zero-order valence-corrected chi connectivity index (χ0v) is 11.0. The van der Waals surface area contributed by atoms with E-state index < -0.39 is 0 Å². The topological polar surface area (TPSA) is 30.5 Å². The number of halogens is 1. The number of rotatable bonds is 4. The van der Waals surface area contributed by atoms with Crippen LogP contribution in [0.2, 0.25) is 0 Å². The third kappa shape index (κ3) is 3.25. The van der Waals surface area contributed by atoms with Gasteiger partial charge in [-0.25, -0.2) is 4.39 Å². The monoisotopic (exact) mass is 265 g/mol. The smallest absolute Gasteiger partial charge is 0.126 e. The van der Waals surface area contributed by atoms with E-state index >= 15 is 0 Å². The van der Waals surface area contributed by atoms with Crippen molar-refractivity contribution in [3.63, 3.8) is 0 Å². The zero-order valence-electron chi connectivity index (χ0n) is 11.0. The van der Waals surface area contributed by atoms with Crippen molar-refractivity contribution in [1.29, 1.82) is 0 Å². The van der Waals surface area contributed by atoms with Crippen LogP contribution in [0.25, 0.3) is 0 Å². The molecule has 2 heterocycles. The first-order valence-electron chi connectivity index (χ1n) is 7.05. The minimum atomic E-state index is -0.196. The number of ether oxygens (including phenoxy) is 2. The molecule has 0 aliphatic carbocycles. The maximum Gasteiger partial charge on any atom is 0.126 e. The first-order valence-corrected chi connectivity index (χ1v) is 7.05. The Morgan fingerprint density at radius 3 is 2.95 bits per heavy atom. The van der Waals surface area contributed by atoms with Crippen LogP contribution >= 0.6 is 0 Å². The van der Waals surface area contributed by atoms with Crippen LogP contribution in [0.5, 0.6) is 5.75 Å². The molecule has 4 heteroatoms. The number of fused-ring (bicyclic) bond motifs is 1. The largest absolute Gasteiger partial charge is 0.487 e. The highest BCUT2D eigenvalue weighted by atomic mass is 19.1. The van der Waals surface area contributed by atoms with Crippen molar-refractivity contribution in [3.05, 3.63) is 29.6 Å². The van der Waals surface area contributed by atoms with E-state index in [4.69, 9.17) is 9.47 Å². The summed E-state index contributed by atoms with van der Waals surface area (Å²) in [6, 6.07) is 4.71. The Morgan fingerprint density at radius 1 is 1.26 bits per heavy atom. The highest BCUT2D eigenvalue weighted by Gasteiger charge is 2.24. The Balaban J connectivity index is 1.43. The molecule has 0 bridgehead atoms. The summed E-state index contributed by atoms with van der Waals surface area (Å²) < 4.78 is 24.6. The molecule has 3 rings (SSSR count). The molecule has 0 radical (unpaired) electrons. The molecule has 1 fully saturated rings. The molecule has 3 nitrogen and oxygen atoms in total. The molecule has 1 aromatic rings. The van der Waals surface area contributed by atoms with E-state index in [1.54, 1.807) is 12.1 Å². The standard InChI is InChI=1S/C15H20FNO2/c16-13-1-2-15-12(7-13)8-14(19-15)10-18-9-11-3-5-17-6-4-11/h1-2,7,11,14,17H,3-6,8-10H2. The van der Waals surface area contributed by atoms with Crippen LogP contribution in [0.1, 0.15) is 18.4 Å². The summed E-state index contributed by atoms with van der Waals surface area (Å²) in [5, 5.41) is 3.35. The number of hydrogen-bond donors (Lipinski definition) is 1. The second-order valence-electron chi connectivity index (χ2n) is 5.43. The summed E-state index contributed by atoms with van der Waals surface area (Å²) in [5.74, 6) is 1.28. The third-order valence-electron chi connectivity index (χ3n) is 3.88. The fourth-order valence-electron chi connectivity index (χ4n) is 2.80. The zero-order chi connectivity index (χ0) is 13.1. The number of benzene rings is 1. The van der Waals surface area contributed by atoms with E-state index in [1.165, 1.54) is 18.9 Å². The van der Waals surface area contributed by atoms with Gasteiger partial charge in [0.05, 0.1) is 6.61 Å². The van der Waals surface area contributed by atoms with Crippen molar-refractivity contribution in [2.45, 2.75) is 25.4 Å². The lowest BCUT2D eigenvalue weighted by Crippen LogP contribution is -2.31. The molecule has 104 valence electrons. The lowest BCUT2D eigenvalue weighted by Gasteiger charge is -2.23. The van der Waals surface area contributed by atoms with Crippen LogP contribution in [-0.4, -0.2) is 32.4 Å². The Hall–Kier alpha value is -1.13. The van der Waals surface area contributed by atoms with Gasteiger partial charge in [0.25, 0.3) is 0 Å². The number of piperidine rings is 1. The van der Waals surface area contributed by atoms with Crippen molar-refractivity contribution in [2.24, 2.45) is 5.92 Å². The summed E-state index contributed by atoms with van der Waals surface area (Å²) >= 11 is 0. The lowest BCUT2D eigenvalue weighted by atomic mass is 9.99. The summed E-state index contributed by atoms with van der Waals surface area (Å²) in [7, 11) is 0. The molecule has 0 aromatic heterocycles. The molecule has 1 aromatic carbocycles. The van der Waals surface area contributed by atoms with E-state index in [0.29, 0.717) is 12.5 Å². The van der Waals surface area contributed by atoms with Crippen LogP contribution in [0.15, 0.2) is 18.2 Å². The second kappa shape index (κ2) is 5.88. The maximum atomic E-state index is 13.1. The van der Waals surface area contributed by atoms with Gasteiger partial charge in [0.2, 0.25) is 0 Å². The Kier molecular flexibility index (Phi) is 3.99. The highest BCUT2D eigenvalue weighted by molar-refractivity contribution is 5.37. The van der Waals surface area contributed by atoms with Crippen LogP contribution in [0.4, 0.5) is 4.39 Å². The minimum absolute atomic E-state index is 0.0403. The van der Waals surface area contributed by atoms with Crippen LogP contribution in [0.3, 0.4) is 0 Å². The van der Waals surface area contributed by atoms with Crippen molar-refractivity contribution in [1.82, 2.24) is 5.32 Å². The van der Waals surface area contributed by atoms with Crippen LogP contribution in [0, 0.1) is 11.7 Å². The van der Waals surface area contributed by atoms with E-state index in [2.05, 4.69) is 5.32 Å². The molecule has 1 atom stereocenters. The number of hydrogen-bond acceptors (Lipinski definition) is 3. The molecule has 1 saturated heterocycles. The van der Waals surface area contributed by atoms with Gasteiger partial charge in [0.15, 0.2) is 0 Å². The van der Waals surface area contributed by atoms with Crippen molar-refractivity contribution >= 4 is 0 Å². The second-order valence-corrected chi connectivity index (χ2v) is 5.43. The van der Waals surface area contributed by atoms with Gasteiger partial charge < -0.3 is 14.8 Å². The molecule has 1 N–H and O–H groups in total. The Morgan fingerprint density at radius 2 is 2.11 bits per heavy atom. The van der Waals surface area contributed by atoms with Crippen LogP contribution in [-0.2, 0) is 11.2 Å². The van der Waals surface area contributed by atoms with Gasteiger partial charge in [0, 0.05) is 18.6 Å². The van der Waals surface area contributed by atoms with E-state index in [-0.39, 0.29) is 11.9 Å². The van der Waals surface area contributed by atoms with Gasteiger partial charge in [-0.2, -0.15) is 0 Å². The first-order chi connectivity index (χ1) is 9.31. The molecule has 19 heavy (non-hydrogen) atoms. The molecule has 1 unspecified atom stereocenters. The van der Waals surface area contributed by atoms with E-state index in [9.17, 15) is 4.39 Å². The summed E-state index contributed by atoms with van der Waals surface area (Å²) in [4.78, 5) is 0. The number of nitrogens with one attached hydrogen (secondary N) is 1. The van der Waals surface area contributed by atoms with E-state index in [1.807, 2.05) is 0 Å². The predicted octanol–water partition coefficient (Wildman–Crippen LogP) is 2.15. The van der Waals surface area contributed by atoms with Crippen molar-refractivity contribution in [2.75, 3.05) is 26.3 Å². The van der Waals surface area contributed by atoms with E-state index in [0.717, 1.165) is 37.4 Å². The molecule has 0 spiro atoms. The fraction of sp³-hybridized carbons (Fsp3) is 0.600. The predicted molar refractivity (Wildman–Crippen MR) is 70.9 cm³/mol. The summed E-state index contributed by atoms with van der Waals surface area (Å²) in [5.41, 5.74) is 0.954. The van der Waals surface area contributed by atoms with Gasteiger partial charge in [-0.3, -0.25) is 0 Å². The first kappa shape index (κ1) is 12.9. The van der Waals surface area contributed by atoms with Crippen molar-refractivity contribution in [3.8, 4) is 5.75 Å². The molecular formula is C15H20FNO2. The fourth-order valence-corrected chi connectivity index (χ4v) is 2.80. The van der Waals surface area contributed by atoms with Crippen LogP contribution < -0.4 is 10.1 Å². The molecular weight excluding hydrogens is 245 g/mol.